The van der Waals surface area contributed by atoms with E-state index < -0.39 is 39.7 Å². The van der Waals surface area contributed by atoms with Crippen LogP contribution in [0.1, 0.15) is 51.4 Å². The third kappa shape index (κ3) is 5.93. The number of hydrogen-bond donors (Lipinski definition) is 1. The molecule has 0 spiro atoms. The van der Waals surface area contributed by atoms with Crippen molar-refractivity contribution in [3.8, 4) is 11.7 Å². The van der Waals surface area contributed by atoms with Crippen molar-refractivity contribution >= 4 is 21.7 Å². The Hall–Kier alpha value is -3.62. The molecule has 11 nitrogen and oxygen atoms in total. The first-order chi connectivity index (χ1) is 18.4. The summed E-state index contributed by atoms with van der Waals surface area (Å²) in [5, 5.41) is 8.05. The van der Waals surface area contributed by atoms with Crippen LogP contribution in [0.15, 0.2) is 41.7 Å². The molecule has 3 aromatic rings. The molecule has 4 heterocycles. The SMILES string of the molecule is C[C@@H]1CN(c2nc(-n3ccc(OCC(C)(C)C(F)(F)F)n3)ccc2C(=O)NS(=O)(=O)c2cnn(C)c2)C(C)(C)C1. The highest BCUT2D eigenvalue weighted by Crippen LogP contribution is 2.39. The molecule has 1 atom stereocenters. The molecule has 0 aliphatic carbocycles. The lowest BCUT2D eigenvalue weighted by Crippen LogP contribution is -2.41. The van der Waals surface area contributed by atoms with Crippen molar-refractivity contribution in [2.75, 3.05) is 18.1 Å². The maximum absolute atomic E-state index is 13.3. The van der Waals surface area contributed by atoms with E-state index in [0.29, 0.717) is 6.54 Å². The van der Waals surface area contributed by atoms with Gasteiger partial charge in [-0.2, -0.15) is 18.3 Å². The van der Waals surface area contributed by atoms with Crippen molar-refractivity contribution in [2.45, 2.75) is 57.7 Å². The van der Waals surface area contributed by atoms with Gasteiger partial charge in [-0.3, -0.25) is 9.48 Å². The van der Waals surface area contributed by atoms with Crippen LogP contribution in [0.3, 0.4) is 0 Å². The smallest absolute Gasteiger partial charge is 0.397 e. The summed E-state index contributed by atoms with van der Waals surface area (Å²) in [4.78, 5) is 19.7. The Bertz CT molecular complexity index is 1510. The van der Waals surface area contributed by atoms with Crippen molar-refractivity contribution in [1.82, 2.24) is 29.3 Å². The highest BCUT2D eigenvalue weighted by atomic mass is 32.2. The van der Waals surface area contributed by atoms with Crippen LogP contribution < -0.4 is 14.4 Å². The molecule has 1 fully saturated rings. The van der Waals surface area contributed by atoms with Gasteiger partial charge in [0, 0.05) is 37.6 Å². The first kappa shape index (κ1) is 29.4. The van der Waals surface area contributed by atoms with E-state index in [1.54, 1.807) is 7.05 Å². The number of aryl methyl sites for hydroxylation is 1. The summed E-state index contributed by atoms with van der Waals surface area (Å²) >= 11 is 0. The molecule has 1 aliphatic rings. The van der Waals surface area contributed by atoms with Crippen LogP contribution in [-0.2, 0) is 17.1 Å². The number of nitrogens with one attached hydrogen (secondary N) is 1. The minimum Gasteiger partial charge on any atom is -0.476 e. The maximum Gasteiger partial charge on any atom is 0.397 e. The summed E-state index contributed by atoms with van der Waals surface area (Å²) < 4.78 is 75.2. The zero-order chi connectivity index (χ0) is 29.7. The van der Waals surface area contributed by atoms with Gasteiger partial charge < -0.3 is 9.64 Å². The van der Waals surface area contributed by atoms with Crippen LogP contribution in [-0.4, -0.2) is 63.7 Å². The normalized spacial score (nSPS) is 17.7. The minimum atomic E-state index is -4.45. The van der Waals surface area contributed by atoms with E-state index in [4.69, 9.17) is 4.74 Å². The standard InChI is InChI=1S/C25H32F3N7O4S/c1-16-11-24(4,5)34(13-16)21-18(22(36)32-40(37,38)17-12-29-33(6)14-17)7-8-19(30-21)35-10-9-20(31-35)39-15-23(2,3)25(26,27)28/h7-10,12,14,16H,11,13,15H2,1-6H3,(H,32,36)/t16-/m0/s1. The number of alkyl halides is 3. The second-order valence-corrected chi connectivity index (χ2v) is 13.0. The topological polar surface area (TPSA) is 124 Å². The zero-order valence-electron chi connectivity index (χ0n) is 23.0. The number of carbonyl (C=O) groups excluding carboxylic acids is 1. The number of sulfonamides is 1. The van der Waals surface area contributed by atoms with Gasteiger partial charge >= 0.3 is 6.18 Å². The van der Waals surface area contributed by atoms with Crippen LogP contribution in [0, 0.1) is 11.3 Å². The highest BCUT2D eigenvalue weighted by Gasteiger charge is 2.48. The molecule has 0 aromatic carbocycles. The van der Waals surface area contributed by atoms with E-state index in [1.165, 1.54) is 40.0 Å². The zero-order valence-corrected chi connectivity index (χ0v) is 23.8. The van der Waals surface area contributed by atoms with Crippen molar-refractivity contribution in [3.63, 3.8) is 0 Å². The summed E-state index contributed by atoms with van der Waals surface area (Å²) in [5.41, 5.74) is -2.44. The molecule has 1 amide bonds. The first-order valence-electron chi connectivity index (χ1n) is 12.5. The van der Waals surface area contributed by atoms with Crippen LogP contribution in [0.25, 0.3) is 5.82 Å². The lowest BCUT2D eigenvalue weighted by atomic mass is 9.94. The van der Waals surface area contributed by atoms with Gasteiger partial charge in [0.2, 0.25) is 5.88 Å². The Morgan fingerprint density at radius 2 is 1.93 bits per heavy atom. The fourth-order valence-corrected chi connectivity index (χ4v) is 5.48. The molecule has 40 heavy (non-hydrogen) atoms. The summed E-state index contributed by atoms with van der Waals surface area (Å²) in [5.74, 6) is -0.103. The molecule has 4 rings (SSSR count). The predicted octanol–water partition coefficient (Wildman–Crippen LogP) is 3.71. The van der Waals surface area contributed by atoms with Crippen molar-refractivity contribution in [3.05, 3.63) is 42.4 Å². The lowest BCUT2D eigenvalue weighted by molar-refractivity contribution is -0.219. The Morgan fingerprint density at radius 3 is 2.50 bits per heavy atom. The molecule has 1 saturated heterocycles. The summed E-state index contributed by atoms with van der Waals surface area (Å²) in [6.07, 6.45) is 0.244. The molecule has 1 N–H and O–H groups in total. The summed E-state index contributed by atoms with van der Waals surface area (Å²) in [6.45, 7) is 8.08. The molecular formula is C25H32F3N7O4S. The number of nitrogens with zero attached hydrogens (tertiary/aromatic N) is 6. The maximum atomic E-state index is 13.3. The third-order valence-corrected chi connectivity index (χ3v) is 8.09. The largest absolute Gasteiger partial charge is 0.476 e. The Kier molecular flexibility index (Phi) is 7.41. The van der Waals surface area contributed by atoms with Crippen LogP contribution in [0.5, 0.6) is 5.88 Å². The van der Waals surface area contributed by atoms with Gasteiger partial charge in [-0.1, -0.05) is 6.92 Å². The number of rotatable bonds is 8. The monoisotopic (exact) mass is 583 g/mol. The van der Waals surface area contributed by atoms with Crippen LogP contribution in [0.4, 0.5) is 19.0 Å². The third-order valence-electron chi connectivity index (χ3n) is 6.80. The second kappa shape index (κ2) is 10.1. The lowest BCUT2D eigenvalue weighted by Gasteiger charge is -2.34. The molecule has 1 aliphatic heterocycles. The molecule has 0 unspecified atom stereocenters. The fourth-order valence-electron chi connectivity index (χ4n) is 4.53. The molecule has 3 aromatic heterocycles. The van der Waals surface area contributed by atoms with E-state index in [1.807, 2.05) is 18.7 Å². The molecule has 218 valence electrons. The number of hydrogen-bond acceptors (Lipinski definition) is 8. The van der Waals surface area contributed by atoms with E-state index in [0.717, 1.165) is 26.5 Å². The second-order valence-electron chi connectivity index (χ2n) is 11.3. The number of ether oxygens (including phenoxy) is 1. The Labute approximate surface area is 230 Å². The van der Waals surface area contributed by atoms with Gasteiger partial charge in [0.25, 0.3) is 15.9 Å². The summed E-state index contributed by atoms with van der Waals surface area (Å²) in [7, 11) is -2.64. The highest BCUT2D eigenvalue weighted by molar-refractivity contribution is 7.90. The van der Waals surface area contributed by atoms with E-state index >= 15 is 0 Å². The molecule has 0 radical (unpaired) electrons. The van der Waals surface area contributed by atoms with Gasteiger partial charge in [0.1, 0.15) is 17.3 Å². The first-order valence-corrected chi connectivity index (χ1v) is 14.0. The average molecular weight is 584 g/mol. The van der Waals surface area contributed by atoms with Gasteiger partial charge in [-0.25, -0.2) is 22.8 Å². The number of carbonyl (C=O) groups is 1. The summed E-state index contributed by atoms with van der Waals surface area (Å²) in [6, 6.07) is 4.33. The quantitative estimate of drug-likeness (QED) is 0.426. The Morgan fingerprint density at radius 1 is 1.23 bits per heavy atom. The minimum absolute atomic E-state index is 0.0276. The van der Waals surface area contributed by atoms with Gasteiger partial charge in [0.05, 0.1) is 17.2 Å². The van der Waals surface area contributed by atoms with E-state index in [9.17, 15) is 26.4 Å². The molecular weight excluding hydrogens is 551 g/mol. The van der Waals surface area contributed by atoms with Gasteiger partial charge in [-0.05, 0) is 52.2 Å². The number of aromatic nitrogens is 5. The number of amides is 1. The van der Waals surface area contributed by atoms with E-state index in [-0.39, 0.29) is 33.9 Å². The van der Waals surface area contributed by atoms with Crippen LogP contribution in [0.2, 0.25) is 0 Å². The predicted molar refractivity (Wildman–Crippen MR) is 140 cm³/mol. The average Bonchev–Trinajstić information content (AvgIpc) is 3.55. The number of pyridine rings is 1. The van der Waals surface area contributed by atoms with Crippen molar-refractivity contribution < 1.29 is 31.1 Å². The molecule has 15 heteroatoms. The Balaban J connectivity index is 1.67. The van der Waals surface area contributed by atoms with Crippen LogP contribution >= 0.6 is 0 Å². The van der Waals surface area contributed by atoms with Crippen molar-refractivity contribution in [2.24, 2.45) is 18.4 Å². The fraction of sp³-hybridized carbons (Fsp3) is 0.520. The number of halogens is 3. The molecule has 0 bridgehead atoms. The van der Waals surface area contributed by atoms with E-state index in [2.05, 4.69) is 26.8 Å². The number of anilines is 1. The van der Waals surface area contributed by atoms with Gasteiger partial charge in [-0.15, -0.1) is 5.10 Å². The van der Waals surface area contributed by atoms with Gasteiger partial charge in [0.15, 0.2) is 5.82 Å². The molecule has 0 saturated carbocycles. The van der Waals surface area contributed by atoms with Crippen molar-refractivity contribution in [1.29, 1.82) is 0 Å².